The van der Waals surface area contributed by atoms with Gasteiger partial charge in [0, 0.05) is 18.8 Å². The Labute approximate surface area is 118 Å². The molecule has 1 saturated heterocycles. The first-order valence-electron chi connectivity index (χ1n) is 6.54. The van der Waals surface area contributed by atoms with Crippen molar-refractivity contribution in [3.8, 4) is 0 Å². The van der Waals surface area contributed by atoms with E-state index in [4.69, 9.17) is 15.9 Å². The largest absolute Gasteiger partial charge is 0.394 e. The van der Waals surface area contributed by atoms with Gasteiger partial charge in [-0.2, -0.15) is 0 Å². The second kappa shape index (κ2) is 5.34. The minimum absolute atomic E-state index is 0.0503. The molecule has 1 atom stereocenters. The van der Waals surface area contributed by atoms with E-state index in [1.165, 1.54) is 0 Å². The molecule has 1 aliphatic heterocycles. The van der Waals surface area contributed by atoms with Gasteiger partial charge in [0.25, 0.3) is 0 Å². The van der Waals surface area contributed by atoms with Crippen LogP contribution < -0.4 is 10.6 Å². The molecule has 0 aromatic carbocycles. The van der Waals surface area contributed by atoms with Crippen LogP contribution in [-0.2, 0) is 4.74 Å². The van der Waals surface area contributed by atoms with E-state index in [1.54, 1.807) is 6.07 Å². The maximum atomic E-state index is 9.34. The number of amidine groups is 1. The highest BCUT2D eigenvalue weighted by Gasteiger charge is 2.34. The van der Waals surface area contributed by atoms with Gasteiger partial charge in [-0.05, 0) is 26.8 Å². The summed E-state index contributed by atoms with van der Waals surface area (Å²) >= 11 is 0. The third kappa shape index (κ3) is 3.23. The third-order valence-electron chi connectivity index (χ3n) is 3.09. The SMILES string of the molecule is Cc1cc(C(=N)N)nc(N2CC(CO)OC(C)(C)C2)n1. The molecule has 0 amide bonds. The molecule has 0 spiro atoms. The van der Waals surface area contributed by atoms with Crippen LogP contribution in [0.5, 0.6) is 0 Å². The van der Waals surface area contributed by atoms with Crippen molar-refractivity contribution in [2.24, 2.45) is 5.73 Å². The van der Waals surface area contributed by atoms with Gasteiger partial charge < -0.3 is 20.5 Å². The van der Waals surface area contributed by atoms with Crippen molar-refractivity contribution in [3.63, 3.8) is 0 Å². The van der Waals surface area contributed by atoms with Crippen molar-refractivity contribution in [1.82, 2.24) is 9.97 Å². The molecule has 1 aliphatic rings. The number of aliphatic hydroxyl groups excluding tert-OH is 1. The summed E-state index contributed by atoms with van der Waals surface area (Å²) in [7, 11) is 0. The molecule has 7 nitrogen and oxygen atoms in total. The van der Waals surface area contributed by atoms with Crippen LogP contribution in [0.15, 0.2) is 6.07 Å². The second-order valence-electron chi connectivity index (χ2n) is 5.67. The highest BCUT2D eigenvalue weighted by atomic mass is 16.5. The van der Waals surface area contributed by atoms with Crippen LogP contribution in [0, 0.1) is 12.3 Å². The van der Waals surface area contributed by atoms with Gasteiger partial charge in [-0.25, -0.2) is 9.97 Å². The number of anilines is 1. The number of aryl methyl sites for hydroxylation is 1. The maximum absolute atomic E-state index is 9.34. The lowest BCUT2D eigenvalue weighted by atomic mass is 10.1. The first kappa shape index (κ1) is 14.7. The molecule has 0 bridgehead atoms. The summed E-state index contributed by atoms with van der Waals surface area (Å²) in [5.74, 6) is 0.438. The van der Waals surface area contributed by atoms with Gasteiger partial charge in [0.15, 0.2) is 0 Å². The summed E-state index contributed by atoms with van der Waals surface area (Å²) in [6.45, 7) is 6.84. The summed E-state index contributed by atoms with van der Waals surface area (Å²) in [6.07, 6.45) is -0.274. The molecule has 7 heteroatoms. The fourth-order valence-electron chi connectivity index (χ4n) is 2.38. The Kier molecular flexibility index (Phi) is 3.92. The number of aromatic nitrogens is 2. The Morgan fingerprint density at radius 2 is 2.30 bits per heavy atom. The predicted octanol–water partition coefficient (Wildman–Crippen LogP) is 0.0452. The number of rotatable bonds is 3. The Balaban J connectivity index is 2.32. The minimum Gasteiger partial charge on any atom is -0.394 e. The zero-order chi connectivity index (χ0) is 14.9. The fourth-order valence-corrected chi connectivity index (χ4v) is 2.38. The Hall–Kier alpha value is -1.73. The first-order chi connectivity index (χ1) is 9.30. The van der Waals surface area contributed by atoms with Gasteiger partial charge in [0.1, 0.15) is 11.5 Å². The van der Waals surface area contributed by atoms with Crippen LogP contribution in [-0.4, -0.2) is 52.3 Å². The zero-order valence-corrected chi connectivity index (χ0v) is 12.1. The first-order valence-corrected chi connectivity index (χ1v) is 6.54. The highest BCUT2D eigenvalue weighted by Crippen LogP contribution is 2.24. The number of ether oxygens (including phenoxy) is 1. The van der Waals surface area contributed by atoms with Crippen LogP contribution in [0.4, 0.5) is 5.95 Å². The lowest BCUT2D eigenvalue weighted by Crippen LogP contribution is -2.54. The lowest BCUT2D eigenvalue weighted by molar-refractivity contribution is -0.101. The molecule has 110 valence electrons. The standard InChI is InChI=1S/C13H21N5O2/c1-8-4-10(11(14)15)17-12(16-8)18-5-9(6-19)20-13(2,3)7-18/h4,9,19H,5-7H2,1-3H3,(H3,14,15). The van der Waals surface area contributed by atoms with Gasteiger partial charge in [-0.3, -0.25) is 5.41 Å². The Morgan fingerprint density at radius 1 is 1.60 bits per heavy atom. The number of nitrogens with one attached hydrogen (secondary N) is 1. The highest BCUT2D eigenvalue weighted by molar-refractivity contribution is 5.93. The topological polar surface area (TPSA) is 108 Å². The van der Waals surface area contributed by atoms with Crippen LogP contribution >= 0.6 is 0 Å². The number of hydrogen-bond donors (Lipinski definition) is 3. The van der Waals surface area contributed by atoms with E-state index < -0.39 is 5.60 Å². The normalized spacial score (nSPS) is 21.8. The number of hydrogen-bond acceptors (Lipinski definition) is 6. The average Bonchev–Trinajstić information content (AvgIpc) is 2.36. The molecule has 0 saturated carbocycles. The molecule has 0 radical (unpaired) electrons. The van der Waals surface area contributed by atoms with Crippen molar-refractivity contribution in [3.05, 3.63) is 17.5 Å². The lowest BCUT2D eigenvalue weighted by Gasteiger charge is -2.42. The number of nitrogens with two attached hydrogens (primary N) is 1. The van der Waals surface area contributed by atoms with Gasteiger partial charge >= 0.3 is 0 Å². The maximum Gasteiger partial charge on any atom is 0.226 e. The van der Waals surface area contributed by atoms with Gasteiger partial charge in [-0.1, -0.05) is 0 Å². The van der Waals surface area contributed by atoms with Crippen molar-refractivity contribution in [1.29, 1.82) is 5.41 Å². The second-order valence-corrected chi connectivity index (χ2v) is 5.67. The van der Waals surface area contributed by atoms with Gasteiger partial charge in [0.05, 0.1) is 18.3 Å². The molecule has 4 N–H and O–H groups in total. The monoisotopic (exact) mass is 279 g/mol. The van der Waals surface area contributed by atoms with Crippen LogP contribution in [0.25, 0.3) is 0 Å². The molecular formula is C13H21N5O2. The van der Waals surface area contributed by atoms with Crippen molar-refractivity contribution in [2.45, 2.75) is 32.5 Å². The Morgan fingerprint density at radius 3 is 2.90 bits per heavy atom. The van der Waals surface area contributed by atoms with E-state index in [0.29, 0.717) is 24.7 Å². The molecule has 2 rings (SSSR count). The van der Waals surface area contributed by atoms with Crippen molar-refractivity contribution in [2.75, 3.05) is 24.6 Å². The fraction of sp³-hybridized carbons (Fsp3) is 0.615. The molecule has 1 aromatic rings. The third-order valence-corrected chi connectivity index (χ3v) is 3.09. The molecule has 1 aromatic heterocycles. The van der Waals surface area contributed by atoms with Crippen LogP contribution in [0.3, 0.4) is 0 Å². The summed E-state index contributed by atoms with van der Waals surface area (Å²) < 4.78 is 5.77. The van der Waals surface area contributed by atoms with E-state index in [9.17, 15) is 5.11 Å². The van der Waals surface area contributed by atoms with E-state index >= 15 is 0 Å². The van der Waals surface area contributed by atoms with Gasteiger partial charge in [-0.15, -0.1) is 0 Å². The van der Waals surface area contributed by atoms with Crippen molar-refractivity contribution >= 4 is 11.8 Å². The summed E-state index contributed by atoms with van der Waals surface area (Å²) in [5, 5.41) is 16.8. The molecule has 0 aliphatic carbocycles. The molecule has 2 heterocycles. The van der Waals surface area contributed by atoms with Gasteiger partial charge in [0.2, 0.25) is 5.95 Å². The zero-order valence-electron chi connectivity index (χ0n) is 12.1. The summed E-state index contributed by atoms with van der Waals surface area (Å²) in [5.41, 5.74) is 6.27. The molecule has 1 unspecified atom stereocenters. The number of aliphatic hydroxyl groups is 1. The van der Waals surface area contributed by atoms with E-state index in [0.717, 1.165) is 5.69 Å². The number of morpholine rings is 1. The number of nitrogens with zero attached hydrogens (tertiary/aromatic N) is 3. The summed E-state index contributed by atoms with van der Waals surface area (Å²) in [4.78, 5) is 10.7. The summed E-state index contributed by atoms with van der Waals surface area (Å²) in [6, 6.07) is 1.68. The average molecular weight is 279 g/mol. The minimum atomic E-state index is -0.394. The molecule has 1 fully saturated rings. The predicted molar refractivity (Wildman–Crippen MR) is 76.0 cm³/mol. The van der Waals surface area contributed by atoms with E-state index in [-0.39, 0.29) is 18.5 Å². The molecule has 20 heavy (non-hydrogen) atoms. The quantitative estimate of drug-likeness (QED) is 0.533. The smallest absolute Gasteiger partial charge is 0.226 e. The van der Waals surface area contributed by atoms with E-state index in [1.807, 2.05) is 25.7 Å². The van der Waals surface area contributed by atoms with Crippen molar-refractivity contribution < 1.29 is 9.84 Å². The molecular weight excluding hydrogens is 258 g/mol. The van der Waals surface area contributed by atoms with E-state index in [2.05, 4.69) is 9.97 Å². The number of nitrogen functional groups attached to an aromatic ring is 1. The van der Waals surface area contributed by atoms with Crippen LogP contribution in [0.2, 0.25) is 0 Å². The van der Waals surface area contributed by atoms with Crippen LogP contribution in [0.1, 0.15) is 25.2 Å². The Bertz CT molecular complexity index is 517.